The van der Waals surface area contributed by atoms with E-state index in [0.717, 1.165) is 0 Å². The number of hydrogen-bond acceptors (Lipinski definition) is 5. The minimum atomic E-state index is -3.72. The van der Waals surface area contributed by atoms with Gasteiger partial charge in [0.25, 0.3) is 10.0 Å². The Hall–Kier alpha value is -1.96. The van der Waals surface area contributed by atoms with Crippen LogP contribution in [-0.2, 0) is 10.0 Å². The van der Waals surface area contributed by atoms with Crippen LogP contribution >= 0.6 is 0 Å². The van der Waals surface area contributed by atoms with Crippen molar-refractivity contribution in [1.29, 1.82) is 0 Å². The second-order valence-corrected chi connectivity index (χ2v) is 5.56. The van der Waals surface area contributed by atoms with Gasteiger partial charge in [-0.1, -0.05) is 0 Å². The van der Waals surface area contributed by atoms with E-state index in [4.69, 9.17) is 0 Å². The predicted octanol–water partition coefficient (Wildman–Crippen LogP) is 0.926. The molecule has 0 fully saturated rings. The number of nitrogens with zero attached hydrogens (tertiary/aromatic N) is 3. The first-order valence-corrected chi connectivity index (χ1v) is 6.72. The normalized spacial score (nSPS) is 11.5. The fourth-order valence-corrected chi connectivity index (χ4v) is 2.40. The molecule has 0 aliphatic heterocycles. The van der Waals surface area contributed by atoms with Crippen LogP contribution in [-0.4, -0.2) is 28.4 Å². The number of H-pyrrole nitrogens is 1. The molecule has 0 bridgehead atoms. The van der Waals surface area contributed by atoms with E-state index >= 15 is 0 Å². The first-order chi connectivity index (χ1) is 8.37. The quantitative estimate of drug-likeness (QED) is 0.861. The Bertz CT molecular complexity index is 657. The van der Waals surface area contributed by atoms with Gasteiger partial charge in [-0.3, -0.25) is 0 Å². The van der Waals surface area contributed by atoms with E-state index in [0.29, 0.717) is 17.2 Å². The van der Waals surface area contributed by atoms with Crippen LogP contribution in [0.1, 0.15) is 17.2 Å². The number of aromatic amines is 1. The molecule has 0 radical (unpaired) electrons. The van der Waals surface area contributed by atoms with Crippen LogP contribution in [0.3, 0.4) is 0 Å². The third kappa shape index (κ3) is 2.65. The van der Waals surface area contributed by atoms with Gasteiger partial charge in [0.05, 0.1) is 6.20 Å². The molecule has 0 atom stereocenters. The van der Waals surface area contributed by atoms with Gasteiger partial charge >= 0.3 is 0 Å². The first-order valence-electron chi connectivity index (χ1n) is 5.23. The van der Waals surface area contributed by atoms with E-state index in [-0.39, 0.29) is 11.0 Å². The lowest BCUT2D eigenvalue weighted by molar-refractivity contribution is 0.597. The molecule has 0 amide bonds. The third-order valence-corrected chi connectivity index (χ3v) is 3.41. The minimum absolute atomic E-state index is 0.0113. The summed E-state index contributed by atoms with van der Waals surface area (Å²) in [4.78, 5) is 14.5. The van der Waals surface area contributed by atoms with Crippen molar-refractivity contribution in [2.45, 2.75) is 25.8 Å². The van der Waals surface area contributed by atoms with Gasteiger partial charge in [0.2, 0.25) is 5.95 Å². The minimum Gasteiger partial charge on any atom is -0.332 e. The molecule has 2 aromatic rings. The number of nitrogens with one attached hydrogen (secondary N) is 2. The lowest BCUT2D eigenvalue weighted by Gasteiger charge is -2.05. The van der Waals surface area contributed by atoms with Crippen LogP contribution < -0.4 is 4.72 Å². The van der Waals surface area contributed by atoms with E-state index in [2.05, 4.69) is 24.7 Å². The van der Waals surface area contributed by atoms with Crippen molar-refractivity contribution in [3.05, 3.63) is 29.5 Å². The molecule has 7 nitrogen and oxygen atoms in total. The maximum absolute atomic E-state index is 12.0. The highest BCUT2D eigenvalue weighted by Crippen LogP contribution is 2.11. The van der Waals surface area contributed by atoms with Crippen LogP contribution in [0.25, 0.3) is 0 Å². The standard InChI is InChI=1S/C10H13N5O2S/c1-6-4-7(2)13-10(12-6)15-18(16,17)9-5-11-8(3)14-9/h4-5H,1-3H3,(H,11,14)(H,12,13,15). The molecule has 0 aliphatic carbocycles. The third-order valence-electron chi connectivity index (χ3n) is 2.18. The van der Waals surface area contributed by atoms with Crippen LogP contribution in [0.4, 0.5) is 5.95 Å². The largest absolute Gasteiger partial charge is 0.332 e. The van der Waals surface area contributed by atoms with Crippen molar-refractivity contribution in [2.24, 2.45) is 0 Å². The van der Waals surface area contributed by atoms with E-state index in [9.17, 15) is 8.42 Å². The molecule has 2 rings (SSSR count). The van der Waals surface area contributed by atoms with Gasteiger partial charge in [-0.15, -0.1) is 0 Å². The van der Waals surface area contributed by atoms with Gasteiger partial charge in [0, 0.05) is 11.4 Å². The summed E-state index contributed by atoms with van der Waals surface area (Å²) in [6, 6.07) is 1.76. The van der Waals surface area contributed by atoms with Crippen molar-refractivity contribution in [3.63, 3.8) is 0 Å². The summed E-state index contributed by atoms with van der Waals surface area (Å²) in [6.07, 6.45) is 1.25. The highest BCUT2D eigenvalue weighted by Gasteiger charge is 2.18. The summed E-state index contributed by atoms with van der Waals surface area (Å²) in [6.45, 7) is 5.21. The van der Waals surface area contributed by atoms with Gasteiger partial charge < -0.3 is 4.98 Å². The summed E-state index contributed by atoms with van der Waals surface area (Å²) >= 11 is 0. The van der Waals surface area contributed by atoms with Crippen LogP contribution in [0.15, 0.2) is 17.3 Å². The number of imidazole rings is 1. The van der Waals surface area contributed by atoms with Gasteiger partial charge in [0.15, 0.2) is 5.03 Å². The number of sulfonamides is 1. The molecule has 2 heterocycles. The fraction of sp³-hybridized carbons (Fsp3) is 0.300. The molecule has 18 heavy (non-hydrogen) atoms. The Kier molecular flexibility index (Phi) is 3.04. The van der Waals surface area contributed by atoms with Crippen molar-refractivity contribution in [3.8, 4) is 0 Å². The smallest absolute Gasteiger partial charge is 0.281 e. The monoisotopic (exact) mass is 267 g/mol. The SMILES string of the molecule is Cc1cc(C)nc(NS(=O)(=O)c2cnc(C)[nH]2)n1. The van der Waals surface area contributed by atoms with Gasteiger partial charge in [0.1, 0.15) is 5.82 Å². The van der Waals surface area contributed by atoms with Gasteiger partial charge in [-0.05, 0) is 26.8 Å². The molecule has 8 heteroatoms. The van der Waals surface area contributed by atoms with E-state index in [1.54, 1.807) is 26.8 Å². The zero-order valence-electron chi connectivity index (χ0n) is 10.2. The zero-order valence-corrected chi connectivity index (χ0v) is 11.0. The second kappa shape index (κ2) is 4.37. The average molecular weight is 267 g/mol. The number of hydrogen-bond donors (Lipinski definition) is 2. The fourth-order valence-electron chi connectivity index (χ4n) is 1.48. The molecule has 2 N–H and O–H groups in total. The van der Waals surface area contributed by atoms with Crippen molar-refractivity contribution < 1.29 is 8.42 Å². The maximum Gasteiger partial charge on any atom is 0.281 e. The lowest BCUT2D eigenvalue weighted by atomic mass is 10.4. The van der Waals surface area contributed by atoms with Crippen LogP contribution in [0, 0.1) is 20.8 Å². The van der Waals surface area contributed by atoms with E-state index < -0.39 is 10.0 Å². The number of rotatable bonds is 3. The summed E-state index contributed by atoms with van der Waals surface area (Å²) in [7, 11) is -3.72. The molecular formula is C10H13N5O2S. The lowest BCUT2D eigenvalue weighted by Crippen LogP contribution is -2.16. The number of anilines is 1. The van der Waals surface area contributed by atoms with E-state index in [1.807, 2.05) is 0 Å². The molecule has 2 aromatic heterocycles. The molecular weight excluding hydrogens is 254 g/mol. The summed E-state index contributed by atoms with van der Waals surface area (Å²) in [5, 5.41) is -0.0113. The highest BCUT2D eigenvalue weighted by molar-refractivity contribution is 7.92. The topological polar surface area (TPSA) is 101 Å². The summed E-state index contributed by atoms with van der Waals surface area (Å²) in [5.41, 5.74) is 1.39. The molecule has 96 valence electrons. The second-order valence-electron chi connectivity index (χ2n) is 3.91. The van der Waals surface area contributed by atoms with Gasteiger partial charge in [-0.25, -0.2) is 19.7 Å². The molecule has 0 spiro atoms. The number of aromatic nitrogens is 4. The van der Waals surface area contributed by atoms with Crippen molar-refractivity contribution in [2.75, 3.05) is 4.72 Å². The average Bonchev–Trinajstić information content (AvgIpc) is 2.62. The zero-order chi connectivity index (χ0) is 13.3. The molecule has 0 unspecified atom stereocenters. The van der Waals surface area contributed by atoms with Crippen molar-refractivity contribution >= 4 is 16.0 Å². The summed E-state index contributed by atoms with van der Waals surface area (Å²) < 4.78 is 26.3. The highest BCUT2D eigenvalue weighted by atomic mass is 32.2. The van der Waals surface area contributed by atoms with Crippen molar-refractivity contribution in [1.82, 2.24) is 19.9 Å². The molecule has 0 aromatic carbocycles. The molecule has 0 saturated carbocycles. The molecule has 0 saturated heterocycles. The first kappa shape index (κ1) is 12.5. The Morgan fingerprint density at radius 2 is 1.78 bits per heavy atom. The maximum atomic E-state index is 12.0. The Labute approximate surface area is 105 Å². The van der Waals surface area contributed by atoms with Gasteiger partial charge in [-0.2, -0.15) is 8.42 Å². The summed E-state index contributed by atoms with van der Waals surface area (Å²) in [5.74, 6) is 0.580. The van der Waals surface area contributed by atoms with Crippen LogP contribution in [0.2, 0.25) is 0 Å². The van der Waals surface area contributed by atoms with E-state index in [1.165, 1.54) is 6.20 Å². The number of aryl methyl sites for hydroxylation is 3. The Morgan fingerprint density at radius 1 is 1.17 bits per heavy atom. The molecule has 0 aliphatic rings. The Balaban J connectivity index is 2.33. The predicted molar refractivity (Wildman–Crippen MR) is 65.6 cm³/mol. The van der Waals surface area contributed by atoms with Crippen LogP contribution in [0.5, 0.6) is 0 Å². The Morgan fingerprint density at radius 3 is 2.28 bits per heavy atom.